The highest BCUT2D eigenvalue weighted by atomic mass is 16.4. The minimum Gasteiger partial charge on any atom is -0.423 e. The number of anilines is 2. The van der Waals surface area contributed by atoms with E-state index in [9.17, 15) is 10.0 Å². The second-order valence-corrected chi connectivity index (χ2v) is 4.74. The summed E-state index contributed by atoms with van der Waals surface area (Å²) in [4.78, 5) is 5.98. The van der Waals surface area contributed by atoms with Crippen LogP contribution in [0.5, 0.6) is 0 Å². The van der Waals surface area contributed by atoms with Crippen LogP contribution in [0.1, 0.15) is 18.5 Å². The standard InChI is InChI=1S/C14H18BN3O2/c1-10(11-6-4-3-5-7-11)18(2)13-8-12(15(19)20)9-17-14(13)16/h3-10,19-20H,1-2H3,(H2,16,17)/t10-/m1/s1. The van der Waals surface area contributed by atoms with Crippen LogP contribution < -0.4 is 16.1 Å². The lowest BCUT2D eigenvalue weighted by Crippen LogP contribution is -2.32. The van der Waals surface area contributed by atoms with E-state index >= 15 is 0 Å². The summed E-state index contributed by atoms with van der Waals surface area (Å²) in [6, 6.07) is 11.7. The van der Waals surface area contributed by atoms with E-state index in [-0.39, 0.29) is 6.04 Å². The predicted octanol–water partition coefficient (Wildman–Crippen LogP) is 0.541. The van der Waals surface area contributed by atoms with Gasteiger partial charge in [-0.3, -0.25) is 0 Å². The van der Waals surface area contributed by atoms with E-state index in [2.05, 4.69) is 11.9 Å². The van der Waals surface area contributed by atoms with Crippen LogP contribution >= 0.6 is 0 Å². The first-order valence-corrected chi connectivity index (χ1v) is 6.40. The first-order valence-electron chi connectivity index (χ1n) is 6.40. The van der Waals surface area contributed by atoms with Gasteiger partial charge in [-0.25, -0.2) is 4.98 Å². The molecule has 4 N–H and O–H groups in total. The zero-order valence-corrected chi connectivity index (χ0v) is 11.6. The lowest BCUT2D eigenvalue weighted by atomic mass is 9.81. The van der Waals surface area contributed by atoms with Gasteiger partial charge in [0.25, 0.3) is 0 Å². The van der Waals surface area contributed by atoms with Crippen LogP contribution in [0, 0.1) is 0 Å². The molecule has 104 valence electrons. The van der Waals surface area contributed by atoms with Crippen LogP contribution in [0.15, 0.2) is 42.6 Å². The lowest BCUT2D eigenvalue weighted by Gasteiger charge is -2.28. The smallest absolute Gasteiger partial charge is 0.423 e. The quantitative estimate of drug-likeness (QED) is 0.707. The van der Waals surface area contributed by atoms with Gasteiger partial charge in [-0.15, -0.1) is 0 Å². The maximum Gasteiger partial charge on any atom is 0.490 e. The highest BCUT2D eigenvalue weighted by Gasteiger charge is 2.19. The molecule has 0 aliphatic carbocycles. The molecule has 0 radical (unpaired) electrons. The second-order valence-electron chi connectivity index (χ2n) is 4.74. The maximum atomic E-state index is 9.23. The molecule has 0 aliphatic heterocycles. The zero-order valence-electron chi connectivity index (χ0n) is 11.6. The third-order valence-electron chi connectivity index (χ3n) is 3.46. The number of pyridine rings is 1. The summed E-state index contributed by atoms with van der Waals surface area (Å²) in [7, 11) is 0.348. The molecule has 0 fully saturated rings. The summed E-state index contributed by atoms with van der Waals surface area (Å²) >= 11 is 0. The molecule has 0 saturated carbocycles. The SMILES string of the molecule is C[C@H](c1ccccc1)N(C)c1cc(B(O)O)cnc1N. The molecule has 0 saturated heterocycles. The van der Waals surface area contributed by atoms with Crippen molar-refractivity contribution in [3.63, 3.8) is 0 Å². The molecule has 2 aromatic rings. The summed E-state index contributed by atoms with van der Waals surface area (Å²) in [5.41, 5.74) is 8.03. The van der Waals surface area contributed by atoms with E-state index in [0.717, 1.165) is 5.56 Å². The Morgan fingerprint density at radius 2 is 1.90 bits per heavy atom. The molecule has 0 spiro atoms. The van der Waals surface area contributed by atoms with Gasteiger partial charge < -0.3 is 20.7 Å². The van der Waals surface area contributed by atoms with Crippen molar-refractivity contribution >= 4 is 24.1 Å². The first-order chi connectivity index (χ1) is 9.50. The number of hydrogen-bond donors (Lipinski definition) is 3. The van der Waals surface area contributed by atoms with Crippen LogP contribution in [-0.2, 0) is 0 Å². The molecule has 1 heterocycles. The molecule has 1 aromatic carbocycles. The molecule has 5 nitrogen and oxygen atoms in total. The van der Waals surface area contributed by atoms with E-state index in [1.165, 1.54) is 6.20 Å². The Morgan fingerprint density at radius 3 is 2.50 bits per heavy atom. The van der Waals surface area contributed by atoms with E-state index < -0.39 is 7.12 Å². The fraction of sp³-hybridized carbons (Fsp3) is 0.214. The van der Waals surface area contributed by atoms with Gasteiger partial charge in [0, 0.05) is 18.7 Å². The van der Waals surface area contributed by atoms with Crippen LogP contribution in [0.3, 0.4) is 0 Å². The fourth-order valence-corrected chi connectivity index (χ4v) is 2.07. The van der Waals surface area contributed by atoms with Crippen LogP contribution in [0.25, 0.3) is 0 Å². The average Bonchev–Trinajstić information content (AvgIpc) is 2.47. The minimum atomic E-state index is -1.55. The highest BCUT2D eigenvalue weighted by Crippen LogP contribution is 2.27. The number of benzene rings is 1. The predicted molar refractivity (Wildman–Crippen MR) is 81.7 cm³/mol. The van der Waals surface area contributed by atoms with Gasteiger partial charge in [-0.05, 0) is 18.6 Å². The van der Waals surface area contributed by atoms with Crippen molar-refractivity contribution in [2.75, 3.05) is 17.7 Å². The molecule has 0 aliphatic rings. The molecule has 0 unspecified atom stereocenters. The Kier molecular flexibility index (Phi) is 4.27. The Labute approximate surface area is 118 Å². The summed E-state index contributed by atoms with van der Waals surface area (Å²) < 4.78 is 0. The molecular formula is C14H18BN3O2. The largest absolute Gasteiger partial charge is 0.490 e. The van der Waals surface area contributed by atoms with Gasteiger partial charge >= 0.3 is 7.12 Å². The molecule has 6 heteroatoms. The third kappa shape index (κ3) is 2.92. The summed E-state index contributed by atoms with van der Waals surface area (Å²) in [6.07, 6.45) is 1.37. The van der Waals surface area contributed by atoms with Crippen molar-refractivity contribution in [3.05, 3.63) is 48.2 Å². The number of nitrogens with two attached hydrogens (primary N) is 1. The van der Waals surface area contributed by atoms with Crippen molar-refractivity contribution < 1.29 is 10.0 Å². The van der Waals surface area contributed by atoms with Gasteiger partial charge in [0.2, 0.25) is 0 Å². The van der Waals surface area contributed by atoms with Gasteiger partial charge in [0.05, 0.1) is 11.7 Å². The molecule has 1 aromatic heterocycles. The molecule has 20 heavy (non-hydrogen) atoms. The topological polar surface area (TPSA) is 82.6 Å². The number of nitrogen functional groups attached to an aromatic ring is 1. The molecule has 2 rings (SSSR count). The molecule has 1 atom stereocenters. The maximum absolute atomic E-state index is 9.23. The fourth-order valence-electron chi connectivity index (χ4n) is 2.07. The summed E-state index contributed by atoms with van der Waals surface area (Å²) in [5.74, 6) is 0.361. The average molecular weight is 271 g/mol. The second kappa shape index (κ2) is 5.94. The van der Waals surface area contributed by atoms with Gasteiger partial charge in [0.1, 0.15) is 5.82 Å². The minimum absolute atomic E-state index is 0.0892. The van der Waals surface area contributed by atoms with Crippen molar-refractivity contribution in [2.45, 2.75) is 13.0 Å². The lowest BCUT2D eigenvalue weighted by molar-refractivity contribution is 0.425. The van der Waals surface area contributed by atoms with Crippen LogP contribution in [0.2, 0.25) is 0 Å². The van der Waals surface area contributed by atoms with E-state index in [4.69, 9.17) is 5.73 Å². The number of hydrogen-bond acceptors (Lipinski definition) is 5. The Bertz CT molecular complexity index is 578. The molecule has 0 bridgehead atoms. The third-order valence-corrected chi connectivity index (χ3v) is 3.46. The van der Waals surface area contributed by atoms with Crippen LogP contribution in [-0.4, -0.2) is 29.2 Å². The van der Waals surface area contributed by atoms with Crippen molar-refractivity contribution in [3.8, 4) is 0 Å². The van der Waals surface area contributed by atoms with Gasteiger partial charge in [-0.1, -0.05) is 30.3 Å². The monoisotopic (exact) mass is 271 g/mol. The first kappa shape index (κ1) is 14.4. The zero-order chi connectivity index (χ0) is 14.7. The van der Waals surface area contributed by atoms with E-state index in [1.807, 2.05) is 42.3 Å². The van der Waals surface area contributed by atoms with Gasteiger partial charge in [0.15, 0.2) is 0 Å². The van der Waals surface area contributed by atoms with Crippen molar-refractivity contribution in [1.29, 1.82) is 0 Å². The van der Waals surface area contributed by atoms with Crippen LogP contribution in [0.4, 0.5) is 11.5 Å². The number of nitrogens with zero attached hydrogens (tertiary/aromatic N) is 2. The Balaban J connectivity index is 2.33. The van der Waals surface area contributed by atoms with E-state index in [0.29, 0.717) is 17.0 Å². The number of aromatic nitrogens is 1. The molecular weight excluding hydrogens is 253 g/mol. The molecule has 0 amide bonds. The van der Waals surface area contributed by atoms with Crippen molar-refractivity contribution in [1.82, 2.24) is 4.98 Å². The number of rotatable bonds is 4. The van der Waals surface area contributed by atoms with E-state index in [1.54, 1.807) is 6.07 Å². The summed E-state index contributed by atoms with van der Waals surface area (Å²) in [6.45, 7) is 2.05. The Morgan fingerprint density at radius 1 is 1.25 bits per heavy atom. The van der Waals surface area contributed by atoms with Gasteiger partial charge in [-0.2, -0.15) is 0 Å². The Hall–Kier alpha value is -2.05. The van der Waals surface area contributed by atoms with Crippen molar-refractivity contribution in [2.24, 2.45) is 0 Å². The normalized spacial score (nSPS) is 12.0. The summed E-state index contributed by atoms with van der Waals surface area (Å²) in [5, 5.41) is 18.5. The highest BCUT2D eigenvalue weighted by molar-refractivity contribution is 6.58.